The minimum Gasteiger partial charge on any atom is -0.497 e. The molecule has 0 aromatic heterocycles. The molecule has 0 radical (unpaired) electrons. The standard InChI is InChI=1S/C14H19NO4S/c1-18-10-2-3-11-12(15)9-14(19-13(11)8-10)4-6-20(16,17)7-5-14/h2-3,8,12H,4-7,9,15H2,1H3/t12-/m0/s1. The zero-order valence-corrected chi connectivity index (χ0v) is 12.3. The van der Waals surface area contributed by atoms with Gasteiger partial charge in [0.25, 0.3) is 0 Å². The van der Waals surface area contributed by atoms with Crippen molar-refractivity contribution in [1.29, 1.82) is 0 Å². The fourth-order valence-corrected chi connectivity index (χ4v) is 4.61. The van der Waals surface area contributed by atoms with Crippen molar-refractivity contribution in [3.05, 3.63) is 23.8 Å². The lowest BCUT2D eigenvalue weighted by Crippen LogP contribution is -2.48. The summed E-state index contributed by atoms with van der Waals surface area (Å²) in [6.07, 6.45) is 1.70. The van der Waals surface area contributed by atoms with E-state index in [0.717, 1.165) is 17.1 Å². The van der Waals surface area contributed by atoms with Crippen LogP contribution in [0.3, 0.4) is 0 Å². The number of methoxy groups -OCH3 is 1. The number of sulfone groups is 1. The van der Waals surface area contributed by atoms with E-state index in [1.165, 1.54) is 0 Å². The summed E-state index contributed by atoms with van der Waals surface area (Å²) in [6.45, 7) is 0. The summed E-state index contributed by atoms with van der Waals surface area (Å²) >= 11 is 0. The van der Waals surface area contributed by atoms with Crippen molar-refractivity contribution in [2.75, 3.05) is 18.6 Å². The third kappa shape index (κ3) is 2.38. The molecule has 0 aliphatic carbocycles. The maximum Gasteiger partial charge on any atom is 0.150 e. The van der Waals surface area contributed by atoms with E-state index in [0.29, 0.717) is 19.3 Å². The monoisotopic (exact) mass is 297 g/mol. The Labute approximate surface area is 119 Å². The summed E-state index contributed by atoms with van der Waals surface area (Å²) < 4.78 is 34.5. The minimum atomic E-state index is -2.91. The molecule has 1 spiro atoms. The van der Waals surface area contributed by atoms with E-state index in [1.54, 1.807) is 7.11 Å². The van der Waals surface area contributed by atoms with Gasteiger partial charge in [-0.1, -0.05) is 6.07 Å². The Hall–Kier alpha value is -1.27. The first-order valence-electron chi connectivity index (χ1n) is 6.76. The quantitative estimate of drug-likeness (QED) is 0.848. The van der Waals surface area contributed by atoms with Gasteiger partial charge in [0.15, 0.2) is 9.84 Å². The van der Waals surface area contributed by atoms with Crippen molar-refractivity contribution < 1.29 is 17.9 Å². The topological polar surface area (TPSA) is 78.6 Å². The predicted molar refractivity (Wildman–Crippen MR) is 75.8 cm³/mol. The van der Waals surface area contributed by atoms with Crippen molar-refractivity contribution in [2.24, 2.45) is 5.73 Å². The minimum absolute atomic E-state index is 0.120. The van der Waals surface area contributed by atoms with Crippen LogP contribution in [0.1, 0.15) is 30.9 Å². The number of benzene rings is 1. The van der Waals surface area contributed by atoms with Gasteiger partial charge in [0.2, 0.25) is 0 Å². The van der Waals surface area contributed by atoms with Crippen LogP contribution in [0.15, 0.2) is 18.2 Å². The van der Waals surface area contributed by atoms with Crippen molar-refractivity contribution in [2.45, 2.75) is 30.9 Å². The number of rotatable bonds is 1. The molecule has 2 N–H and O–H groups in total. The normalized spacial score (nSPS) is 26.6. The average molecular weight is 297 g/mol. The molecule has 1 aromatic rings. The average Bonchev–Trinajstić information content (AvgIpc) is 2.42. The van der Waals surface area contributed by atoms with Crippen LogP contribution < -0.4 is 15.2 Å². The van der Waals surface area contributed by atoms with E-state index in [2.05, 4.69) is 0 Å². The van der Waals surface area contributed by atoms with Gasteiger partial charge < -0.3 is 15.2 Å². The molecule has 5 nitrogen and oxygen atoms in total. The van der Waals surface area contributed by atoms with E-state index in [4.69, 9.17) is 15.2 Å². The lowest BCUT2D eigenvalue weighted by atomic mass is 9.83. The maximum atomic E-state index is 11.6. The Balaban J connectivity index is 1.91. The first-order valence-corrected chi connectivity index (χ1v) is 8.58. The SMILES string of the molecule is COc1ccc2c(c1)OC1(CCS(=O)(=O)CC1)C[C@@H]2N. The number of fused-ring (bicyclic) bond motifs is 1. The van der Waals surface area contributed by atoms with Gasteiger partial charge in [-0.05, 0) is 6.07 Å². The molecule has 2 aliphatic heterocycles. The first-order chi connectivity index (χ1) is 9.43. The van der Waals surface area contributed by atoms with Gasteiger partial charge in [-0.2, -0.15) is 0 Å². The first kappa shape index (κ1) is 13.7. The molecular weight excluding hydrogens is 278 g/mol. The highest BCUT2D eigenvalue weighted by Crippen LogP contribution is 2.44. The van der Waals surface area contributed by atoms with Gasteiger partial charge >= 0.3 is 0 Å². The Morgan fingerprint density at radius 2 is 2.05 bits per heavy atom. The third-order valence-corrected chi connectivity index (χ3v) is 5.93. The molecule has 0 amide bonds. The highest BCUT2D eigenvalue weighted by molar-refractivity contribution is 7.91. The molecule has 1 saturated heterocycles. The van der Waals surface area contributed by atoms with Crippen LogP contribution >= 0.6 is 0 Å². The molecule has 1 aromatic carbocycles. The molecule has 0 bridgehead atoms. The highest BCUT2D eigenvalue weighted by atomic mass is 32.2. The number of ether oxygens (including phenoxy) is 2. The van der Waals surface area contributed by atoms with Gasteiger partial charge in [0, 0.05) is 36.9 Å². The summed E-state index contributed by atoms with van der Waals surface area (Å²) in [5.41, 5.74) is 6.76. The van der Waals surface area contributed by atoms with Gasteiger partial charge in [-0.15, -0.1) is 0 Å². The van der Waals surface area contributed by atoms with Crippen molar-refractivity contribution in [1.82, 2.24) is 0 Å². The van der Waals surface area contributed by atoms with Gasteiger partial charge in [0.1, 0.15) is 17.1 Å². The number of nitrogens with two attached hydrogens (primary N) is 1. The van der Waals surface area contributed by atoms with Crippen LogP contribution in [0.2, 0.25) is 0 Å². The third-order valence-electron chi connectivity index (χ3n) is 4.28. The lowest BCUT2D eigenvalue weighted by Gasteiger charge is -2.43. The van der Waals surface area contributed by atoms with Gasteiger partial charge in [0.05, 0.1) is 18.6 Å². The highest BCUT2D eigenvalue weighted by Gasteiger charge is 2.44. The Kier molecular flexibility index (Phi) is 3.17. The summed E-state index contributed by atoms with van der Waals surface area (Å²) in [5.74, 6) is 1.80. The predicted octanol–water partition coefficient (Wildman–Crippen LogP) is 1.42. The van der Waals surface area contributed by atoms with Gasteiger partial charge in [-0.3, -0.25) is 0 Å². The Morgan fingerprint density at radius 3 is 2.70 bits per heavy atom. The molecule has 1 atom stereocenters. The van der Waals surface area contributed by atoms with Crippen LogP contribution in [-0.2, 0) is 9.84 Å². The Bertz CT molecular complexity index is 612. The number of hydrogen-bond donors (Lipinski definition) is 1. The summed E-state index contributed by atoms with van der Waals surface area (Å²) in [4.78, 5) is 0. The zero-order valence-electron chi connectivity index (χ0n) is 11.5. The molecule has 0 unspecified atom stereocenters. The van der Waals surface area contributed by atoms with Gasteiger partial charge in [-0.25, -0.2) is 8.42 Å². The fraction of sp³-hybridized carbons (Fsp3) is 0.571. The maximum absolute atomic E-state index is 11.6. The summed E-state index contributed by atoms with van der Waals surface area (Å²) in [5, 5.41) is 0. The molecule has 6 heteroatoms. The van der Waals surface area contributed by atoms with Crippen molar-refractivity contribution in [3.63, 3.8) is 0 Å². The molecular formula is C14H19NO4S. The molecule has 2 heterocycles. The molecule has 3 rings (SSSR count). The van der Waals surface area contributed by atoms with Crippen LogP contribution in [0.25, 0.3) is 0 Å². The lowest BCUT2D eigenvalue weighted by molar-refractivity contribution is 0.0262. The summed E-state index contributed by atoms with van der Waals surface area (Å²) in [6, 6.07) is 5.50. The second-order valence-corrected chi connectivity index (χ2v) is 7.95. The van der Waals surface area contributed by atoms with Crippen LogP contribution in [-0.4, -0.2) is 32.6 Å². The van der Waals surface area contributed by atoms with Crippen LogP contribution in [0.4, 0.5) is 0 Å². The van der Waals surface area contributed by atoms with E-state index in [9.17, 15) is 8.42 Å². The van der Waals surface area contributed by atoms with E-state index >= 15 is 0 Å². The van der Waals surface area contributed by atoms with E-state index < -0.39 is 15.4 Å². The largest absolute Gasteiger partial charge is 0.497 e. The Morgan fingerprint density at radius 1 is 1.35 bits per heavy atom. The van der Waals surface area contributed by atoms with E-state index in [-0.39, 0.29) is 17.5 Å². The van der Waals surface area contributed by atoms with Crippen molar-refractivity contribution >= 4 is 9.84 Å². The van der Waals surface area contributed by atoms with Crippen LogP contribution in [0.5, 0.6) is 11.5 Å². The second-order valence-electron chi connectivity index (χ2n) is 5.65. The van der Waals surface area contributed by atoms with Crippen LogP contribution in [0, 0.1) is 0 Å². The molecule has 0 saturated carbocycles. The van der Waals surface area contributed by atoms with E-state index in [1.807, 2.05) is 18.2 Å². The smallest absolute Gasteiger partial charge is 0.150 e. The molecule has 20 heavy (non-hydrogen) atoms. The molecule has 110 valence electrons. The zero-order chi connectivity index (χ0) is 14.4. The molecule has 2 aliphatic rings. The summed E-state index contributed by atoms with van der Waals surface area (Å²) in [7, 11) is -1.31. The second kappa shape index (κ2) is 4.63. The number of hydrogen-bond acceptors (Lipinski definition) is 5. The molecule has 1 fully saturated rings. The fourth-order valence-electron chi connectivity index (χ4n) is 3.04. The van der Waals surface area contributed by atoms with Crippen molar-refractivity contribution in [3.8, 4) is 11.5 Å².